The SMILES string of the molecule is CCCNC(=O)[C@@H](CC)N(Cc1ccccc1)C(=O)CN(c1ccccc1)S(=O)(=O)c1ccc(Cl)cc1. The first-order chi connectivity index (χ1) is 17.8. The third-order valence-electron chi connectivity index (χ3n) is 5.86. The second-order valence-corrected chi connectivity index (χ2v) is 10.8. The highest BCUT2D eigenvalue weighted by molar-refractivity contribution is 7.92. The normalized spacial score (nSPS) is 12.0. The molecule has 7 nitrogen and oxygen atoms in total. The van der Waals surface area contributed by atoms with Crippen LogP contribution < -0.4 is 9.62 Å². The van der Waals surface area contributed by atoms with Crippen LogP contribution in [-0.2, 0) is 26.2 Å². The predicted molar refractivity (Wildman–Crippen MR) is 147 cm³/mol. The lowest BCUT2D eigenvalue weighted by molar-refractivity contribution is -0.140. The highest BCUT2D eigenvalue weighted by Crippen LogP contribution is 2.25. The van der Waals surface area contributed by atoms with Gasteiger partial charge >= 0.3 is 0 Å². The fourth-order valence-corrected chi connectivity index (χ4v) is 5.46. The van der Waals surface area contributed by atoms with Crippen molar-refractivity contribution in [1.29, 1.82) is 0 Å². The van der Waals surface area contributed by atoms with E-state index in [1.807, 2.05) is 44.2 Å². The van der Waals surface area contributed by atoms with Crippen LogP contribution in [0.25, 0.3) is 0 Å². The zero-order chi connectivity index (χ0) is 26.8. The van der Waals surface area contributed by atoms with Crippen LogP contribution >= 0.6 is 11.6 Å². The molecule has 0 saturated carbocycles. The average Bonchev–Trinajstić information content (AvgIpc) is 2.91. The van der Waals surface area contributed by atoms with Crippen LogP contribution in [0.15, 0.2) is 89.8 Å². The summed E-state index contributed by atoms with van der Waals surface area (Å²) >= 11 is 5.97. The Kier molecular flexibility index (Phi) is 10.1. The van der Waals surface area contributed by atoms with Crippen LogP contribution in [0.1, 0.15) is 32.3 Å². The number of hydrogen-bond donors (Lipinski definition) is 1. The summed E-state index contributed by atoms with van der Waals surface area (Å²) in [5.41, 5.74) is 1.18. The Labute approximate surface area is 224 Å². The molecule has 0 heterocycles. The molecule has 3 aromatic carbocycles. The maximum absolute atomic E-state index is 13.9. The number of para-hydroxylation sites is 1. The second-order valence-electron chi connectivity index (χ2n) is 8.52. The van der Waals surface area contributed by atoms with E-state index in [9.17, 15) is 18.0 Å². The summed E-state index contributed by atoms with van der Waals surface area (Å²) < 4.78 is 28.5. The Bertz CT molecular complexity index is 1270. The van der Waals surface area contributed by atoms with E-state index in [-0.39, 0.29) is 17.3 Å². The lowest BCUT2D eigenvalue weighted by atomic mass is 10.1. The van der Waals surface area contributed by atoms with Crippen molar-refractivity contribution in [3.05, 3.63) is 95.5 Å². The molecule has 0 fully saturated rings. The minimum Gasteiger partial charge on any atom is -0.354 e. The molecule has 0 bridgehead atoms. The second kappa shape index (κ2) is 13.3. The van der Waals surface area contributed by atoms with E-state index in [0.29, 0.717) is 23.7 Å². The number of rotatable bonds is 12. The van der Waals surface area contributed by atoms with E-state index in [2.05, 4.69) is 5.32 Å². The van der Waals surface area contributed by atoms with Gasteiger partial charge in [-0.3, -0.25) is 13.9 Å². The first kappa shape index (κ1) is 28.2. The number of sulfonamides is 1. The van der Waals surface area contributed by atoms with Gasteiger partial charge in [-0.2, -0.15) is 0 Å². The topological polar surface area (TPSA) is 86.8 Å². The van der Waals surface area contributed by atoms with E-state index < -0.39 is 28.5 Å². The largest absolute Gasteiger partial charge is 0.354 e. The van der Waals surface area contributed by atoms with Gasteiger partial charge in [0.25, 0.3) is 10.0 Å². The molecule has 37 heavy (non-hydrogen) atoms. The van der Waals surface area contributed by atoms with Gasteiger partial charge in [-0.15, -0.1) is 0 Å². The van der Waals surface area contributed by atoms with Crippen LogP contribution in [0.3, 0.4) is 0 Å². The lowest BCUT2D eigenvalue weighted by Crippen LogP contribution is -2.52. The van der Waals surface area contributed by atoms with Gasteiger partial charge in [-0.05, 0) is 54.8 Å². The van der Waals surface area contributed by atoms with Crippen molar-refractivity contribution in [2.24, 2.45) is 0 Å². The van der Waals surface area contributed by atoms with Crippen LogP contribution in [0.4, 0.5) is 5.69 Å². The standard InChI is InChI=1S/C28H32ClN3O4S/c1-3-19-30-28(34)26(4-2)31(20-22-11-7-5-8-12-22)27(33)21-32(24-13-9-6-10-14-24)37(35,36)25-17-15-23(29)16-18-25/h5-18,26H,3-4,19-21H2,1-2H3,(H,30,34)/t26-/m1/s1. The molecule has 0 aliphatic carbocycles. The zero-order valence-electron chi connectivity index (χ0n) is 21.0. The van der Waals surface area contributed by atoms with E-state index in [0.717, 1.165) is 16.3 Å². The number of halogens is 1. The summed E-state index contributed by atoms with van der Waals surface area (Å²) in [6.07, 6.45) is 1.14. The molecule has 0 spiro atoms. The third-order valence-corrected chi connectivity index (χ3v) is 7.90. The van der Waals surface area contributed by atoms with Crippen molar-refractivity contribution in [1.82, 2.24) is 10.2 Å². The Morgan fingerprint density at radius 1 is 0.892 bits per heavy atom. The van der Waals surface area contributed by atoms with Crippen molar-refractivity contribution in [3.63, 3.8) is 0 Å². The molecule has 0 aromatic heterocycles. The number of benzene rings is 3. The molecule has 1 N–H and O–H groups in total. The Balaban J connectivity index is 2.01. The molecule has 0 unspecified atom stereocenters. The van der Waals surface area contributed by atoms with Gasteiger partial charge in [0.1, 0.15) is 12.6 Å². The third kappa shape index (κ3) is 7.33. The molecule has 0 aliphatic heterocycles. The molecular formula is C28H32ClN3O4S. The molecule has 3 aromatic rings. The van der Waals surface area contributed by atoms with Crippen LogP contribution in [-0.4, -0.2) is 44.3 Å². The van der Waals surface area contributed by atoms with E-state index in [4.69, 9.17) is 11.6 Å². The monoisotopic (exact) mass is 541 g/mol. The van der Waals surface area contributed by atoms with Crippen LogP contribution in [0.2, 0.25) is 5.02 Å². The molecule has 9 heteroatoms. The quantitative estimate of drug-likeness (QED) is 0.354. The van der Waals surface area contributed by atoms with Gasteiger partial charge in [0.05, 0.1) is 10.6 Å². The number of hydrogen-bond acceptors (Lipinski definition) is 4. The highest BCUT2D eigenvalue weighted by Gasteiger charge is 2.33. The lowest BCUT2D eigenvalue weighted by Gasteiger charge is -2.33. The molecule has 196 valence electrons. The summed E-state index contributed by atoms with van der Waals surface area (Å²) in [6, 6.07) is 22.8. The van der Waals surface area contributed by atoms with Crippen molar-refractivity contribution in [3.8, 4) is 0 Å². The fourth-order valence-electron chi connectivity index (χ4n) is 3.92. The Hall–Kier alpha value is -3.36. The number of amides is 2. The fraction of sp³-hybridized carbons (Fsp3) is 0.286. The maximum atomic E-state index is 13.9. The van der Waals surface area contributed by atoms with Gasteiger partial charge in [0.2, 0.25) is 11.8 Å². The Morgan fingerprint density at radius 3 is 2.05 bits per heavy atom. The summed E-state index contributed by atoms with van der Waals surface area (Å²) in [4.78, 5) is 28.4. The van der Waals surface area contributed by atoms with Gasteiger partial charge in [-0.1, -0.05) is 74.0 Å². The van der Waals surface area contributed by atoms with E-state index >= 15 is 0 Å². The van der Waals surface area contributed by atoms with Gasteiger partial charge in [0.15, 0.2) is 0 Å². The van der Waals surface area contributed by atoms with Crippen LogP contribution in [0, 0.1) is 0 Å². The summed E-state index contributed by atoms with van der Waals surface area (Å²) in [5.74, 6) is -0.746. The van der Waals surface area contributed by atoms with Crippen molar-refractivity contribution < 1.29 is 18.0 Å². The summed E-state index contributed by atoms with van der Waals surface area (Å²) in [6.45, 7) is 3.97. The number of anilines is 1. The maximum Gasteiger partial charge on any atom is 0.264 e. The number of carbonyl (C=O) groups is 2. The minimum absolute atomic E-state index is 0.0101. The smallest absolute Gasteiger partial charge is 0.264 e. The molecule has 2 amide bonds. The predicted octanol–water partition coefficient (Wildman–Crippen LogP) is 4.87. The van der Waals surface area contributed by atoms with Crippen molar-refractivity contribution in [2.45, 2.75) is 44.2 Å². The van der Waals surface area contributed by atoms with Gasteiger partial charge in [0, 0.05) is 18.1 Å². The molecule has 0 saturated heterocycles. The molecule has 0 aliphatic rings. The highest BCUT2D eigenvalue weighted by atomic mass is 35.5. The van der Waals surface area contributed by atoms with Crippen molar-refractivity contribution >= 4 is 39.1 Å². The van der Waals surface area contributed by atoms with Crippen LogP contribution in [0.5, 0.6) is 0 Å². The molecule has 0 radical (unpaired) electrons. The number of nitrogens with one attached hydrogen (secondary N) is 1. The first-order valence-electron chi connectivity index (χ1n) is 12.2. The molecule has 1 atom stereocenters. The van der Waals surface area contributed by atoms with Crippen molar-refractivity contribution in [2.75, 3.05) is 17.4 Å². The number of nitrogens with zero attached hydrogens (tertiary/aromatic N) is 2. The zero-order valence-corrected chi connectivity index (χ0v) is 22.6. The molecule has 3 rings (SSSR count). The Morgan fingerprint density at radius 2 is 1.49 bits per heavy atom. The average molecular weight is 542 g/mol. The molecular weight excluding hydrogens is 510 g/mol. The van der Waals surface area contributed by atoms with Gasteiger partial charge < -0.3 is 10.2 Å². The van der Waals surface area contributed by atoms with E-state index in [1.165, 1.54) is 29.2 Å². The minimum atomic E-state index is -4.11. The number of carbonyl (C=O) groups excluding carboxylic acids is 2. The van der Waals surface area contributed by atoms with Gasteiger partial charge in [-0.25, -0.2) is 8.42 Å². The van der Waals surface area contributed by atoms with E-state index in [1.54, 1.807) is 30.3 Å². The summed E-state index contributed by atoms with van der Waals surface area (Å²) in [7, 11) is -4.11. The first-order valence-corrected chi connectivity index (χ1v) is 14.0. The summed E-state index contributed by atoms with van der Waals surface area (Å²) in [5, 5.41) is 3.28.